The molecule has 1 saturated carbocycles. The first-order chi connectivity index (χ1) is 8.51. The lowest BCUT2D eigenvalue weighted by molar-refractivity contribution is -0.120. The van der Waals surface area contributed by atoms with E-state index in [1.807, 2.05) is 0 Å². The maximum Gasteiger partial charge on any atom is 0.251 e. The number of aliphatic hydroxyl groups is 1. The minimum Gasteiger partial charge on any atom is -0.395 e. The van der Waals surface area contributed by atoms with Crippen LogP contribution < -0.4 is 0 Å². The van der Waals surface area contributed by atoms with E-state index in [0.29, 0.717) is 12.5 Å². The average molecular weight is 263 g/mol. The molecule has 0 radical (unpaired) electrons. The number of halogens is 2. The lowest BCUT2D eigenvalue weighted by atomic mass is 9.71. The number of rotatable bonds is 7. The van der Waals surface area contributed by atoms with Gasteiger partial charge in [-0.2, -0.15) is 0 Å². The van der Waals surface area contributed by atoms with E-state index in [4.69, 9.17) is 5.11 Å². The van der Waals surface area contributed by atoms with Crippen molar-refractivity contribution in [2.24, 2.45) is 11.3 Å². The van der Waals surface area contributed by atoms with Gasteiger partial charge >= 0.3 is 0 Å². The van der Waals surface area contributed by atoms with Crippen molar-refractivity contribution in [3.8, 4) is 0 Å². The summed E-state index contributed by atoms with van der Waals surface area (Å²) < 4.78 is 24.9. The Morgan fingerprint density at radius 2 is 2.06 bits per heavy atom. The summed E-state index contributed by atoms with van der Waals surface area (Å²) in [6.45, 7) is 2.17. The molecule has 1 rings (SSSR count). The molecular weight excluding hydrogens is 240 g/mol. The summed E-state index contributed by atoms with van der Waals surface area (Å²) >= 11 is 0. The molecular formula is C13H23F2NO2. The molecule has 0 unspecified atom stereocenters. The van der Waals surface area contributed by atoms with E-state index >= 15 is 0 Å². The molecule has 3 nitrogen and oxygen atoms in total. The third-order valence-electron chi connectivity index (χ3n) is 3.87. The van der Waals surface area contributed by atoms with E-state index in [0.717, 1.165) is 32.0 Å². The zero-order chi connectivity index (χ0) is 13.6. The highest BCUT2D eigenvalue weighted by Gasteiger charge is 2.35. The Kier molecular flexibility index (Phi) is 6.15. The molecule has 1 N–H and O–H groups in total. The number of alkyl halides is 2. The molecule has 5 heteroatoms. The lowest BCUT2D eigenvalue weighted by Gasteiger charge is -2.38. The van der Waals surface area contributed by atoms with Crippen LogP contribution in [0.2, 0.25) is 0 Å². The van der Waals surface area contributed by atoms with Gasteiger partial charge in [0.15, 0.2) is 0 Å². The van der Waals surface area contributed by atoms with Crippen LogP contribution in [0.3, 0.4) is 0 Å². The SMILES string of the molecule is CC1CCC(C=O)(CN(CCO)CC(F)F)CC1. The van der Waals surface area contributed by atoms with Crippen LogP contribution in [0.15, 0.2) is 0 Å². The van der Waals surface area contributed by atoms with Gasteiger partial charge in [-0.25, -0.2) is 8.78 Å². The van der Waals surface area contributed by atoms with Gasteiger partial charge in [-0.15, -0.1) is 0 Å². The van der Waals surface area contributed by atoms with Gasteiger partial charge in [0.05, 0.1) is 13.2 Å². The molecule has 1 fully saturated rings. The van der Waals surface area contributed by atoms with Crippen molar-refractivity contribution >= 4 is 6.29 Å². The van der Waals surface area contributed by atoms with Gasteiger partial charge in [0.2, 0.25) is 0 Å². The first kappa shape index (κ1) is 15.5. The normalized spacial score (nSPS) is 28.9. The Balaban J connectivity index is 2.60. The first-order valence-corrected chi connectivity index (χ1v) is 6.59. The second-order valence-corrected chi connectivity index (χ2v) is 5.51. The second kappa shape index (κ2) is 7.14. The topological polar surface area (TPSA) is 40.5 Å². The summed E-state index contributed by atoms with van der Waals surface area (Å²) in [5.74, 6) is 0.611. The Bertz CT molecular complexity index is 253. The monoisotopic (exact) mass is 263 g/mol. The number of hydrogen-bond acceptors (Lipinski definition) is 3. The molecule has 0 aromatic heterocycles. The summed E-state index contributed by atoms with van der Waals surface area (Å²) in [6, 6.07) is 0. The summed E-state index contributed by atoms with van der Waals surface area (Å²) in [7, 11) is 0. The third-order valence-corrected chi connectivity index (χ3v) is 3.87. The number of carbonyl (C=O) groups excluding carboxylic acids is 1. The minimum atomic E-state index is -2.43. The van der Waals surface area contributed by atoms with Crippen LogP contribution in [0.25, 0.3) is 0 Å². The Morgan fingerprint density at radius 1 is 1.44 bits per heavy atom. The van der Waals surface area contributed by atoms with Crippen molar-refractivity contribution in [1.82, 2.24) is 4.90 Å². The molecule has 106 valence electrons. The van der Waals surface area contributed by atoms with Crippen molar-refractivity contribution in [1.29, 1.82) is 0 Å². The average Bonchev–Trinajstić information content (AvgIpc) is 2.32. The van der Waals surface area contributed by atoms with E-state index in [9.17, 15) is 13.6 Å². The van der Waals surface area contributed by atoms with Crippen molar-refractivity contribution in [3.63, 3.8) is 0 Å². The third kappa shape index (κ3) is 4.61. The fourth-order valence-corrected chi connectivity index (χ4v) is 2.67. The van der Waals surface area contributed by atoms with Crippen LogP contribution in [0.1, 0.15) is 32.6 Å². The maximum atomic E-state index is 12.4. The number of aliphatic hydroxyl groups excluding tert-OH is 1. The quantitative estimate of drug-likeness (QED) is 0.714. The molecule has 0 spiro atoms. The van der Waals surface area contributed by atoms with Crippen LogP contribution in [0.4, 0.5) is 8.78 Å². The molecule has 0 aromatic rings. The molecule has 0 atom stereocenters. The molecule has 18 heavy (non-hydrogen) atoms. The van der Waals surface area contributed by atoms with Crippen molar-refractivity contribution in [3.05, 3.63) is 0 Å². The minimum absolute atomic E-state index is 0.155. The molecule has 0 aromatic carbocycles. The highest BCUT2D eigenvalue weighted by atomic mass is 19.3. The van der Waals surface area contributed by atoms with Gasteiger partial charge in [-0.3, -0.25) is 4.90 Å². The Labute approximate surface area is 107 Å². The fourth-order valence-electron chi connectivity index (χ4n) is 2.67. The number of nitrogens with zero attached hydrogens (tertiary/aromatic N) is 1. The van der Waals surface area contributed by atoms with Crippen molar-refractivity contribution < 1.29 is 18.7 Å². The van der Waals surface area contributed by atoms with Crippen LogP contribution in [-0.2, 0) is 4.79 Å². The summed E-state index contributed by atoms with van der Waals surface area (Å²) in [6.07, 6.45) is 1.99. The molecule has 0 aliphatic heterocycles. The predicted molar refractivity (Wildman–Crippen MR) is 65.7 cm³/mol. The van der Waals surface area contributed by atoms with Gasteiger partial charge in [0.1, 0.15) is 6.29 Å². The standard InChI is InChI=1S/C13H23F2NO2/c1-11-2-4-13(10-18,5-3-11)9-16(6-7-17)8-12(14)15/h10-12,17H,2-9H2,1H3. The lowest BCUT2D eigenvalue weighted by Crippen LogP contribution is -2.44. The van der Waals surface area contributed by atoms with Crippen LogP contribution in [0, 0.1) is 11.3 Å². The van der Waals surface area contributed by atoms with Crippen LogP contribution in [0.5, 0.6) is 0 Å². The van der Waals surface area contributed by atoms with Gasteiger partial charge in [0, 0.05) is 18.5 Å². The number of hydrogen-bond donors (Lipinski definition) is 1. The zero-order valence-corrected chi connectivity index (χ0v) is 10.9. The fraction of sp³-hybridized carbons (Fsp3) is 0.923. The maximum absolute atomic E-state index is 12.4. The molecule has 1 aliphatic carbocycles. The first-order valence-electron chi connectivity index (χ1n) is 6.59. The van der Waals surface area contributed by atoms with Crippen molar-refractivity contribution in [2.45, 2.75) is 39.0 Å². The van der Waals surface area contributed by atoms with E-state index in [1.54, 1.807) is 0 Å². The van der Waals surface area contributed by atoms with Gasteiger partial charge in [-0.1, -0.05) is 6.92 Å². The van der Waals surface area contributed by atoms with E-state index in [-0.39, 0.29) is 19.7 Å². The van der Waals surface area contributed by atoms with E-state index < -0.39 is 11.8 Å². The number of aldehydes is 1. The van der Waals surface area contributed by atoms with Gasteiger partial charge in [0.25, 0.3) is 6.43 Å². The van der Waals surface area contributed by atoms with Gasteiger partial charge in [-0.05, 0) is 31.6 Å². The molecule has 1 aliphatic rings. The Morgan fingerprint density at radius 3 is 2.50 bits per heavy atom. The summed E-state index contributed by atoms with van der Waals surface area (Å²) in [5.41, 5.74) is -0.490. The summed E-state index contributed by atoms with van der Waals surface area (Å²) in [5, 5.41) is 8.90. The second-order valence-electron chi connectivity index (χ2n) is 5.51. The van der Waals surface area contributed by atoms with Gasteiger partial charge < -0.3 is 9.90 Å². The molecule has 0 saturated heterocycles. The highest BCUT2D eigenvalue weighted by Crippen LogP contribution is 2.38. The molecule has 0 amide bonds. The smallest absolute Gasteiger partial charge is 0.251 e. The van der Waals surface area contributed by atoms with E-state index in [1.165, 1.54) is 4.90 Å². The van der Waals surface area contributed by atoms with E-state index in [2.05, 4.69) is 6.92 Å². The largest absolute Gasteiger partial charge is 0.395 e. The summed E-state index contributed by atoms with van der Waals surface area (Å²) in [4.78, 5) is 12.8. The predicted octanol–water partition coefficient (Wildman–Crippen LogP) is 1.94. The number of carbonyl (C=O) groups is 1. The molecule has 0 heterocycles. The zero-order valence-electron chi connectivity index (χ0n) is 10.9. The highest BCUT2D eigenvalue weighted by molar-refractivity contribution is 5.60. The van der Waals surface area contributed by atoms with Crippen LogP contribution in [-0.4, -0.2) is 49.0 Å². The Hall–Kier alpha value is -0.550. The molecule has 0 bridgehead atoms. The van der Waals surface area contributed by atoms with Crippen molar-refractivity contribution in [2.75, 3.05) is 26.2 Å². The van der Waals surface area contributed by atoms with Crippen LogP contribution >= 0.6 is 0 Å².